The molecule has 0 bridgehead atoms. The number of hydrogen-bond donors (Lipinski definition) is 3. The molecular weight excluding hydrogens is 224 g/mol. The van der Waals surface area contributed by atoms with Crippen LogP contribution in [0, 0.1) is 0 Å². The first-order valence-corrected chi connectivity index (χ1v) is 5.07. The lowest BCUT2D eigenvalue weighted by molar-refractivity contribution is -0.115. The van der Waals surface area contributed by atoms with Crippen LogP contribution in [0.3, 0.4) is 0 Å². The predicted octanol–water partition coefficient (Wildman–Crippen LogP) is 0.348. The minimum absolute atomic E-state index is 0.0188. The molecule has 1 aromatic carbocycles. The highest BCUT2D eigenvalue weighted by atomic mass is 32.1. The maximum Gasteiger partial charge on any atom is 0.228 e. The van der Waals surface area contributed by atoms with E-state index in [9.17, 15) is 4.79 Å². The van der Waals surface area contributed by atoms with E-state index in [0.717, 1.165) is 16.8 Å². The molecule has 1 aliphatic rings. The Morgan fingerprint density at radius 1 is 1.62 bits per heavy atom. The fourth-order valence-electron chi connectivity index (χ4n) is 1.50. The molecule has 0 spiro atoms. The second kappa shape index (κ2) is 4.28. The summed E-state index contributed by atoms with van der Waals surface area (Å²) in [6.07, 6.45) is 2.02. The molecule has 1 aliphatic heterocycles. The van der Waals surface area contributed by atoms with Crippen LogP contribution in [0.1, 0.15) is 11.1 Å². The molecule has 0 atom stereocenters. The summed E-state index contributed by atoms with van der Waals surface area (Å²) in [6, 6.07) is 5.61. The number of rotatable bonds is 2. The Morgan fingerprint density at radius 3 is 3.19 bits per heavy atom. The van der Waals surface area contributed by atoms with Crippen molar-refractivity contribution in [2.75, 3.05) is 5.32 Å². The third-order valence-electron chi connectivity index (χ3n) is 2.14. The summed E-state index contributed by atoms with van der Waals surface area (Å²) >= 11 is 4.60. The fourth-order valence-corrected chi connectivity index (χ4v) is 1.55. The van der Waals surface area contributed by atoms with Crippen LogP contribution in [0.25, 0.3) is 0 Å². The summed E-state index contributed by atoms with van der Waals surface area (Å²) in [7, 11) is 0. The van der Waals surface area contributed by atoms with Crippen molar-refractivity contribution in [1.29, 1.82) is 0 Å². The van der Waals surface area contributed by atoms with Crippen molar-refractivity contribution in [1.82, 2.24) is 5.43 Å². The molecule has 0 aromatic heterocycles. The van der Waals surface area contributed by atoms with Crippen LogP contribution in [-0.2, 0) is 11.2 Å². The normalized spacial score (nSPS) is 13.6. The lowest BCUT2D eigenvalue weighted by Crippen LogP contribution is -2.23. The van der Waals surface area contributed by atoms with Gasteiger partial charge in [0, 0.05) is 5.69 Å². The van der Waals surface area contributed by atoms with E-state index in [2.05, 4.69) is 28.1 Å². The number of nitrogens with zero attached hydrogens (tertiary/aromatic N) is 1. The van der Waals surface area contributed by atoms with Gasteiger partial charge in [0.2, 0.25) is 5.91 Å². The van der Waals surface area contributed by atoms with Crippen LogP contribution < -0.4 is 16.5 Å². The fraction of sp³-hybridized carbons (Fsp3) is 0.100. The third-order valence-corrected chi connectivity index (χ3v) is 2.23. The van der Waals surface area contributed by atoms with E-state index >= 15 is 0 Å². The smallest absolute Gasteiger partial charge is 0.228 e. The zero-order valence-corrected chi connectivity index (χ0v) is 9.17. The van der Waals surface area contributed by atoms with Gasteiger partial charge < -0.3 is 11.1 Å². The monoisotopic (exact) mass is 234 g/mol. The first-order valence-electron chi connectivity index (χ1n) is 4.66. The number of amides is 1. The van der Waals surface area contributed by atoms with Gasteiger partial charge in [0.1, 0.15) is 0 Å². The predicted molar refractivity (Wildman–Crippen MR) is 66.3 cm³/mol. The van der Waals surface area contributed by atoms with E-state index in [0.29, 0.717) is 6.42 Å². The highest BCUT2D eigenvalue weighted by molar-refractivity contribution is 7.80. The van der Waals surface area contributed by atoms with E-state index < -0.39 is 0 Å². The van der Waals surface area contributed by atoms with Crippen LogP contribution in [0.2, 0.25) is 0 Å². The molecule has 0 saturated carbocycles. The van der Waals surface area contributed by atoms with Gasteiger partial charge in [-0.05, 0) is 35.5 Å². The van der Waals surface area contributed by atoms with Gasteiger partial charge in [0.15, 0.2) is 5.11 Å². The Bertz CT molecular complexity index is 484. The molecule has 2 rings (SSSR count). The van der Waals surface area contributed by atoms with Crippen LogP contribution in [-0.4, -0.2) is 17.2 Å². The number of benzene rings is 1. The van der Waals surface area contributed by atoms with Crippen LogP contribution in [0.4, 0.5) is 5.69 Å². The average Bonchev–Trinajstić information content (AvgIpc) is 2.56. The van der Waals surface area contributed by atoms with Gasteiger partial charge in [-0.2, -0.15) is 5.10 Å². The van der Waals surface area contributed by atoms with Gasteiger partial charge >= 0.3 is 0 Å². The number of nitrogens with one attached hydrogen (secondary N) is 2. The molecule has 0 radical (unpaired) electrons. The zero-order valence-electron chi connectivity index (χ0n) is 8.36. The van der Waals surface area contributed by atoms with Gasteiger partial charge in [-0.3, -0.25) is 10.2 Å². The minimum atomic E-state index is 0.0188. The molecule has 0 fully saturated rings. The second-order valence-corrected chi connectivity index (χ2v) is 3.82. The van der Waals surface area contributed by atoms with Crippen molar-refractivity contribution >= 4 is 35.1 Å². The minimum Gasteiger partial charge on any atom is -0.375 e. The highest BCUT2D eigenvalue weighted by Crippen LogP contribution is 2.23. The van der Waals surface area contributed by atoms with Crippen LogP contribution >= 0.6 is 12.2 Å². The number of fused-ring (bicyclic) bond motifs is 1. The molecule has 16 heavy (non-hydrogen) atoms. The molecular formula is C10H10N4OS. The Morgan fingerprint density at radius 2 is 2.44 bits per heavy atom. The first kappa shape index (κ1) is 10.6. The number of anilines is 1. The summed E-state index contributed by atoms with van der Waals surface area (Å²) in [5.41, 5.74) is 10.4. The maximum atomic E-state index is 11.1. The standard InChI is InChI=1S/C10H10N4OS/c11-10(16)14-12-5-6-1-2-8-7(3-6)4-9(15)13-8/h1-3,5H,4H2,(H,13,15)(H3,11,14,16). The SMILES string of the molecule is NC(=S)NN=Cc1ccc2c(c1)CC(=O)N2. The number of hydrazone groups is 1. The number of thiocarbonyl (C=S) groups is 1. The lowest BCUT2D eigenvalue weighted by Gasteiger charge is -1.99. The highest BCUT2D eigenvalue weighted by Gasteiger charge is 2.16. The van der Waals surface area contributed by atoms with Gasteiger partial charge in [-0.15, -0.1) is 0 Å². The van der Waals surface area contributed by atoms with E-state index in [-0.39, 0.29) is 11.0 Å². The van der Waals surface area contributed by atoms with Gasteiger partial charge in [-0.25, -0.2) is 0 Å². The van der Waals surface area contributed by atoms with Gasteiger partial charge in [0.05, 0.1) is 12.6 Å². The van der Waals surface area contributed by atoms with Crippen LogP contribution in [0.5, 0.6) is 0 Å². The topological polar surface area (TPSA) is 79.5 Å². The Kier molecular flexibility index (Phi) is 2.82. The zero-order chi connectivity index (χ0) is 11.5. The van der Waals surface area contributed by atoms with Crippen molar-refractivity contribution in [2.24, 2.45) is 10.8 Å². The quantitative estimate of drug-likeness (QED) is 0.392. The summed E-state index contributed by atoms with van der Waals surface area (Å²) in [4.78, 5) is 11.1. The van der Waals surface area contributed by atoms with E-state index in [1.165, 1.54) is 0 Å². The first-order chi connectivity index (χ1) is 7.65. The van der Waals surface area contributed by atoms with Crippen molar-refractivity contribution in [2.45, 2.75) is 6.42 Å². The van der Waals surface area contributed by atoms with Crippen molar-refractivity contribution in [3.63, 3.8) is 0 Å². The summed E-state index contributed by atoms with van der Waals surface area (Å²) in [6.45, 7) is 0. The van der Waals surface area contributed by atoms with Crippen molar-refractivity contribution < 1.29 is 4.79 Å². The average molecular weight is 234 g/mol. The van der Waals surface area contributed by atoms with Crippen molar-refractivity contribution in [3.8, 4) is 0 Å². The molecule has 0 unspecified atom stereocenters. The number of carbonyl (C=O) groups is 1. The van der Waals surface area contributed by atoms with Gasteiger partial charge in [0.25, 0.3) is 0 Å². The lowest BCUT2D eigenvalue weighted by atomic mass is 10.1. The molecule has 4 N–H and O–H groups in total. The van der Waals surface area contributed by atoms with Gasteiger partial charge in [-0.1, -0.05) is 6.07 Å². The molecule has 6 heteroatoms. The van der Waals surface area contributed by atoms with Crippen LogP contribution in [0.15, 0.2) is 23.3 Å². The van der Waals surface area contributed by atoms with E-state index in [4.69, 9.17) is 5.73 Å². The summed E-state index contributed by atoms with van der Waals surface area (Å²) in [5.74, 6) is 0.0188. The van der Waals surface area contributed by atoms with E-state index in [1.54, 1.807) is 6.21 Å². The van der Waals surface area contributed by atoms with Crippen molar-refractivity contribution in [3.05, 3.63) is 29.3 Å². The maximum absolute atomic E-state index is 11.1. The molecule has 0 aliphatic carbocycles. The second-order valence-electron chi connectivity index (χ2n) is 3.38. The Balaban J connectivity index is 2.13. The number of hydrogen-bond acceptors (Lipinski definition) is 3. The number of nitrogens with two attached hydrogens (primary N) is 1. The third kappa shape index (κ3) is 2.34. The molecule has 5 nitrogen and oxygen atoms in total. The summed E-state index contributed by atoms with van der Waals surface area (Å²) in [5, 5.41) is 6.72. The van der Waals surface area contributed by atoms with E-state index in [1.807, 2.05) is 18.2 Å². The molecule has 0 saturated heterocycles. The molecule has 1 aromatic rings. The molecule has 1 amide bonds. The Hall–Kier alpha value is -1.95. The largest absolute Gasteiger partial charge is 0.375 e. The molecule has 1 heterocycles. The summed E-state index contributed by atoms with van der Waals surface area (Å²) < 4.78 is 0. The Labute approximate surface area is 97.7 Å². The molecule has 82 valence electrons. The number of carbonyl (C=O) groups excluding carboxylic acids is 1.